The van der Waals surface area contributed by atoms with Gasteiger partial charge in [-0.25, -0.2) is 0 Å². The number of carbonyl (C=O) groups excluding carboxylic acids is 1. The van der Waals surface area contributed by atoms with E-state index in [2.05, 4.69) is 5.32 Å². The second-order valence-electron chi connectivity index (χ2n) is 8.85. The van der Waals surface area contributed by atoms with Gasteiger partial charge in [0.2, 0.25) is 0 Å². The first kappa shape index (κ1) is 27.0. The topological polar surface area (TPSA) is 125 Å². The van der Waals surface area contributed by atoms with Crippen LogP contribution in [-0.4, -0.2) is 65.0 Å². The van der Waals surface area contributed by atoms with Crippen LogP contribution in [0.1, 0.15) is 28.8 Å². The van der Waals surface area contributed by atoms with Crippen molar-refractivity contribution in [1.29, 1.82) is 0 Å². The molecular weight excluding hydrogens is 529 g/mol. The number of carbonyl (C=O) groups is 1. The highest BCUT2D eigenvalue weighted by Gasteiger charge is 2.34. The molecule has 0 unspecified atom stereocenters. The fourth-order valence-electron chi connectivity index (χ4n) is 4.55. The molecule has 0 bridgehead atoms. The number of hydrogen-bond acceptors (Lipinski definition) is 8. The number of nitro groups is 2. The monoisotopic (exact) mass is 552 g/mol. The number of rotatable bonds is 5. The van der Waals surface area contributed by atoms with E-state index in [1.807, 2.05) is 4.90 Å². The summed E-state index contributed by atoms with van der Waals surface area (Å²) in [6.45, 7) is 2.31. The molecule has 202 valence electrons. The molecule has 2 aliphatic rings. The van der Waals surface area contributed by atoms with Crippen LogP contribution in [0.25, 0.3) is 0 Å². The molecule has 1 amide bonds. The number of nitrogens with one attached hydrogen (secondary N) is 1. The van der Waals surface area contributed by atoms with Crippen molar-refractivity contribution in [2.45, 2.75) is 19.0 Å². The second-order valence-corrected chi connectivity index (χ2v) is 9.23. The van der Waals surface area contributed by atoms with Crippen LogP contribution in [-0.2, 0) is 6.18 Å². The van der Waals surface area contributed by atoms with E-state index in [-0.39, 0.29) is 48.2 Å². The first-order valence-electron chi connectivity index (χ1n) is 11.7. The van der Waals surface area contributed by atoms with Crippen LogP contribution in [0.4, 0.5) is 35.9 Å². The highest BCUT2D eigenvalue weighted by molar-refractivity contribution is 7.80. The number of anilines is 2. The number of alkyl halides is 3. The molecule has 0 saturated carbocycles. The minimum atomic E-state index is -4.71. The maximum atomic E-state index is 13.0. The summed E-state index contributed by atoms with van der Waals surface area (Å²) in [6.07, 6.45) is -2.83. The van der Waals surface area contributed by atoms with Gasteiger partial charge in [-0.1, -0.05) is 0 Å². The third-order valence-corrected chi connectivity index (χ3v) is 6.87. The zero-order chi connectivity index (χ0) is 27.6. The number of thiocarbonyl (C=S) groups is 1. The van der Waals surface area contributed by atoms with E-state index < -0.39 is 33.2 Å². The van der Waals surface area contributed by atoms with E-state index in [0.717, 1.165) is 25.0 Å². The van der Waals surface area contributed by atoms with Crippen LogP contribution in [0.2, 0.25) is 0 Å². The maximum Gasteiger partial charge on any atom is 0.416 e. The van der Waals surface area contributed by atoms with Crippen molar-refractivity contribution in [3.05, 3.63) is 67.8 Å². The normalized spacial score (nSPS) is 15.9. The third kappa shape index (κ3) is 5.77. The smallest absolute Gasteiger partial charge is 0.366 e. The molecule has 38 heavy (non-hydrogen) atoms. The molecule has 2 heterocycles. The van der Waals surface area contributed by atoms with Crippen molar-refractivity contribution in [2.75, 3.05) is 49.1 Å². The van der Waals surface area contributed by atoms with E-state index in [1.54, 1.807) is 15.9 Å². The molecule has 15 heteroatoms. The first-order chi connectivity index (χ1) is 18.0. The van der Waals surface area contributed by atoms with Crippen LogP contribution in [0.5, 0.6) is 0 Å². The molecule has 0 aliphatic carbocycles. The Kier molecular flexibility index (Phi) is 7.66. The predicted octanol–water partition coefficient (Wildman–Crippen LogP) is 3.96. The van der Waals surface area contributed by atoms with E-state index >= 15 is 0 Å². The summed E-state index contributed by atoms with van der Waals surface area (Å²) in [5.74, 6) is -0.619. The van der Waals surface area contributed by atoms with Gasteiger partial charge in [0.15, 0.2) is 5.11 Å². The summed E-state index contributed by atoms with van der Waals surface area (Å²) in [7, 11) is 0. The van der Waals surface area contributed by atoms with E-state index in [9.17, 15) is 38.2 Å². The Morgan fingerprint density at radius 3 is 1.92 bits per heavy atom. The van der Waals surface area contributed by atoms with E-state index in [4.69, 9.17) is 12.2 Å². The molecule has 2 saturated heterocycles. The molecule has 0 spiro atoms. The Hall–Kier alpha value is -4.01. The number of nitrogens with zero attached hydrogens (tertiary/aromatic N) is 5. The van der Waals surface area contributed by atoms with Crippen molar-refractivity contribution in [1.82, 2.24) is 10.2 Å². The quantitative estimate of drug-likeness (QED) is 0.333. The lowest BCUT2D eigenvalue weighted by molar-refractivity contribution is -0.384. The lowest BCUT2D eigenvalue weighted by atomic mass is 10.1. The molecule has 2 aromatic rings. The Labute approximate surface area is 220 Å². The van der Waals surface area contributed by atoms with Gasteiger partial charge in [-0.3, -0.25) is 30.3 Å². The van der Waals surface area contributed by atoms with E-state index in [1.165, 1.54) is 12.1 Å². The van der Waals surface area contributed by atoms with Crippen molar-refractivity contribution in [3.63, 3.8) is 0 Å². The fourth-order valence-corrected chi connectivity index (χ4v) is 4.82. The molecule has 0 aromatic heterocycles. The molecule has 0 radical (unpaired) electrons. The van der Waals surface area contributed by atoms with Crippen LogP contribution in [0, 0.1) is 20.2 Å². The number of halogens is 3. The Bertz CT molecular complexity index is 1280. The number of piperazine rings is 1. The maximum absolute atomic E-state index is 13.0. The van der Waals surface area contributed by atoms with Gasteiger partial charge in [-0.05, 0) is 49.3 Å². The third-order valence-electron chi connectivity index (χ3n) is 6.51. The minimum absolute atomic E-state index is 0.0583. The molecule has 0 atom stereocenters. The summed E-state index contributed by atoms with van der Waals surface area (Å²) < 4.78 is 39.0. The van der Waals surface area contributed by atoms with Crippen molar-refractivity contribution in [2.24, 2.45) is 0 Å². The zero-order valence-corrected chi connectivity index (χ0v) is 20.8. The molecular formula is C23H23F3N6O5S. The highest BCUT2D eigenvalue weighted by Crippen LogP contribution is 2.37. The first-order valence-corrected chi connectivity index (χ1v) is 12.1. The average molecular weight is 553 g/mol. The Morgan fingerprint density at radius 2 is 1.37 bits per heavy atom. The van der Waals surface area contributed by atoms with Gasteiger partial charge in [0.1, 0.15) is 11.4 Å². The molecule has 2 aromatic carbocycles. The summed E-state index contributed by atoms with van der Waals surface area (Å²) in [5.41, 5.74) is -1.34. The largest absolute Gasteiger partial charge is 0.416 e. The van der Waals surface area contributed by atoms with E-state index in [0.29, 0.717) is 24.8 Å². The predicted molar refractivity (Wildman–Crippen MR) is 136 cm³/mol. The lowest BCUT2D eigenvalue weighted by Gasteiger charge is -2.37. The summed E-state index contributed by atoms with van der Waals surface area (Å²) in [6, 6.07) is 6.66. The van der Waals surface area contributed by atoms with Crippen LogP contribution in [0.3, 0.4) is 0 Å². The minimum Gasteiger partial charge on any atom is -0.366 e. The van der Waals surface area contributed by atoms with Gasteiger partial charge in [0.25, 0.3) is 17.3 Å². The Balaban J connectivity index is 1.40. The molecule has 2 aliphatic heterocycles. The van der Waals surface area contributed by atoms with Gasteiger partial charge in [-0.15, -0.1) is 0 Å². The van der Waals surface area contributed by atoms with Crippen LogP contribution >= 0.6 is 12.2 Å². The number of benzene rings is 2. The highest BCUT2D eigenvalue weighted by atomic mass is 32.1. The van der Waals surface area contributed by atoms with Crippen LogP contribution in [0.15, 0.2) is 36.4 Å². The van der Waals surface area contributed by atoms with Gasteiger partial charge in [-0.2, -0.15) is 13.2 Å². The summed E-state index contributed by atoms with van der Waals surface area (Å²) in [4.78, 5) is 39.6. The zero-order valence-electron chi connectivity index (χ0n) is 19.9. The fraction of sp³-hybridized carbons (Fsp3) is 0.391. The Morgan fingerprint density at radius 1 is 0.842 bits per heavy atom. The van der Waals surface area contributed by atoms with Gasteiger partial charge in [0.05, 0.1) is 15.4 Å². The number of amides is 1. The number of nitro benzene ring substituents is 2. The van der Waals surface area contributed by atoms with Crippen LogP contribution < -0.4 is 15.1 Å². The molecule has 2 fully saturated rings. The molecule has 4 rings (SSSR count). The van der Waals surface area contributed by atoms with Crippen molar-refractivity contribution < 1.29 is 27.8 Å². The SMILES string of the molecule is O=C(NC(=S)N1CCN(c2ccc(C(F)(F)F)cc2[N+](=O)[O-])CC1)c1ccc(N2CCCC2)c([N+](=O)[O-])c1. The van der Waals surface area contributed by atoms with Crippen molar-refractivity contribution >= 4 is 46.0 Å². The average Bonchev–Trinajstić information content (AvgIpc) is 3.42. The van der Waals surface area contributed by atoms with Gasteiger partial charge in [0, 0.05) is 57.0 Å². The summed E-state index contributed by atoms with van der Waals surface area (Å²) >= 11 is 5.33. The lowest BCUT2D eigenvalue weighted by Crippen LogP contribution is -2.52. The molecule has 11 nitrogen and oxygen atoms in total. The van der Waals surface area contributed by atoms with Gasteiger partial charge >= 0.3 is 6.18 Å². The van der Waals surface area contributed by atoms with Crippen molar-refractivity contribution in [3.8, 4) is 0 Å². The second kappa shape index (κ2) is 10.8. The standard InChI is InChI=1S/C23H23F3N6O5S/c24-23(25,26)16-4-6-18(20(14-16)32(36)37)29-9-11-30(12-10-29)22(38)27-21(33)15-3-5-17(19(13-15)31(34)35)28-7-1-2-8-28/h3-6,13-14H,1-2,7-12H2,(H,27,33,38). The number of hydrogen-bond donors (Lipinski definition) is 1. The molecule has 1 N–H and O–H groups in total. The summed E-state index contributed by atoms with van der Waals surface area (Å²) in [5, 5.41) is 25.7. The van der Waals surface area contributed by atoms with Gasteiger partial charge < -0.3 is 14.7 Å².